The van der Waals surface area contributed by atoms with E-state index in [0.717, 1.165) is 11.6 Å². The third-order valence-corrected chi connectivity index (χ3v) is 2.08. The fourth-order valence-corrected chi connectivity index (χ4v) is 1.20. The highest BCUT2D eigenvalue weighted by atomic mass is 35.5. The summed E-state index contributed by atoms with van der Waals surface area (Å²) in [6.45, 7) is 5.17. The van der Waals surface area contributed by atoms with Crippen LogP contribution in [0.1, 0.15) is 19.4 Å². The van der Waals surface area contributed by atoms with E-state index < -0.39 is 0 Å². The second-order valence-electron chi connectivity index (χ2n) is 3.52. The van der Waals surface area contributed by atoms with Crippen LogP contribution >= 0.6 is 24.0 Å². The SMILES string of the molecule is CC(C)NCC=Cc1ccc(Cl)cc1.Cl. The maximum atomic E-state index is 5.78. The van der Waals surface area contributed by atoms with Gasteiger partial charge in [0.2, 0.25) is 0 Å². The molecule has 0 aliphatic heterocycles. The van der Waals surface area contributed by atoms with E-state index in [1.54, 1.807) is 0 Å². The van der Waals surface area contributed by atoms with E-state index in [9.17, 15) is 0 Å². The van der Waals surface area contributed by atoms with Gasteiger partial charge in [0.05, 0.1) is 0 Å². The van der Waals surface area contributed by atoms with Gasteiger partial charge in [-0.2, -0.15) is 0 Å². The first-order valence-corrected chi connectivity index (χ1v) is 5.22. The lowest BCUT2D eigenvalue weighted by Crippen LogP contribution is -2.22. The van der Waals surface area contributed by atoms with Crippen LogP contribution in [0.5, 0.6) is 0 Å². The van der Waals surface area contributed by atoms with Crippen LogP contribution in [0.4, 0.5) is 0 Å². The molecule has 0 aromatic heterocycles. The molecule has 0 fully saturated rings. The van der Waals surface area contributed by atoms with Gasteiger partial charge in [0.25, 0.3) is 0 Å². The Bertz CT molecular complexity index is 291. The predicted octanol–water partition coefficient (Wildman–Crippen LogP) is 3.77. The topological polar surface area (TPSA) is 12.0 Å². The largest absolute Gasteiger partial charge is 0.311 e. The standard InChI is InChI=1S/C12H16ClN.ClH/c1-10(2)14-9-3-4-11-5-7-12(13)8-6-11;/h3-8,10,14H,9H2,1-2H3;1H. The summed E-state index contributed by atoms with van der Waals surface area (Å²) in [6, 6.07) is 8.35. The maximum Gasteiger partial charge on any atom is 0.0406 e. The normalized spacial score (nSPS) is 10.7. The molecule has 1 rings (SSSR count). The van der Waals surface area contributed by atoms with Crippen LogP contribution in [-0.2, 0) is 0 Å². The van der Waals surface area contributed by atoms with Crippen LogP contribution in [0.3, 0.4) is 0 Å². The Kier molecular flexibility index (Phi) is 7.49. The lowest BCUT2D eigenvalue weighted by Gasteiger charge is -2.03. The number of halogens is 2. The Morgan fingerprint density at radius 1 is 1.27 bits per heavy atom. The van der Waals surface area contributed by atoms with Gasteiger partial charge in [-0.05, 0) is 17.7 Å². The first-order valence-electron chi connectivity index (χ1n) is 4.84. The molecule has 15 heavy (non-hydrogen) atoms. The minimum absolute atomic E-state index is 0. The van der Waals surface area contributed by atoms with Crippen molar-refractivity contribution < 1.29 is 0 Å². The van der Waals surface area contributed by atoms with Crippen LogP contribution in [-0.4, -0.2) is 12.6 Å². The molecule has 3 heteroatoms. The van der Waals surface area contributed by atoms with Gasteiger partial charge in [-0.15, -0.1) is 12.4 Å². The molecule has 84 valence electrons. The van der Waals surface area contributed by atoms with Crippen molar-refractivity contribution in [3.63, 3.8) is 0 Å². The average Bonchev–Trinajstić information content (AvgIpc) is 2.15. The number of hydrogen-bond acceptors (Lipinski definition) is 1. The molecule has 0 heterocycles. The molecule has 0 radical (unpaired) electrons. The van der Waals surface area contributed by atoms with Crippen molar-refractivity contribution in [3.8, 4) is 0 Å². The number of rotatable bonds is 4. The molecule has 0 unspecified atom stereocenters. The van der Waals surface area contributed by atoms with Gasteiger partial charge in [-0.3, -0.25) is 0 Å². The van der Waals surface area contributed by atoms with E-state index in [1.807, 2.05) is 24.3 Å². The molecule has 1 aromatic rings. The highest BCUT2D eigenvalue weighted by molar-refractivity contribution is 6.30. The summed E-state index contributed by atoms with van der Waals surface area (Å²) < 4.78 is 0. The highest BCUT2D eigenvalue weighted by Crippen LogP contribution is 2.10. The molecule has 0 saturated heterocycles. The summed E-state index contributed by atoms with van der Waals surface area (Å²) in [4.78, 5) is 0. The second-order valence-corrected chi connectivity index (χ2v) is 3.95. The smallest absolute Gasteiger partial charge is 0.0406 e. The molecule has 1 aromatic carbocycles. The summed E-state index contributed by atoms with van der Waals surface area (Å²) in [5.74, 6) is 0. The highest BCUT2D eigenvalue weighted by Gasteiger charge is 1.88. The first-order chi connectivity index (χ1) is 6.68. The minimum atomic E-state index is 0. The minimum Gasteiger partial charge on any atom is -0.311 e. The van der Waals surface area contributed by atoms with Gasteiger partial charge in [0, 0.05) is 17.6 Å². The molecule has 0 bridgehead atoms. The molecule has 0 saturated carbocycles. The zero-order valence-electron chi connectivity index (χ0n) is 9.03. The molecule has 0 atom stereocenters. The zero-order chi connectivity index (χ0) is 10.4. The van der Waals surface area contributed by atoms with E-state index in [4.69, 9.17) is 11.6 Å². The Morgan fingerprint density at radius 2 is 1.87 bits per heavy atom. The van der Waals surface area contributed by atoms with Gasteiger partial charge in [0.15, 0.2) is 0 Å². The van der Waals surface area contributed by atoms with E-state index in [2.05, 4.69) is 31.3 Å². The number of benzene rings is 1. The van der Waals surface area contributed by atoms with E-state index >= 15 is 0 Å². The molecule has 0 aliphatic rings. The fraction of sp³-hybridized carbons (Fsp3) is 0.333. The number of nitrogens with one attached hydrogen (secondary N) is 1. The van der Waals surface area contributed by atoms with Crippen molar-refractivity contribution >= 4 is 30.1 Å². The summed E-state index contributed by atoms with van der Waals surface area (Å²) in [5.41, 5.74) is 1.18. The van der Waals surface area contributed by atoms with Crippen molar-refractivity contribution in [1.82, 2.24) is 5.32 Å². The quantitative estimate of drug-likeness (QED) is 0.852. The molecule has 1 nitrogen and oxygen atoms in total. The van der Waals surface area contributed by atoms with E-state index in [-0.39, 0.29) is 12.4 Å². The van der Waals surface area contributed by atoms with Crippen LogP contribution in [0.15, 0.2) is 30.3 Å². The maximum absolute atomic E-state index is 5.78. The van der Waals surface area contributed by atoms with Gasteiger partial charge in [-0.25, -0.2) is 0 Å². The van der Waals surface area contributed by atoms with Gasteiger partial charge in [0.1, 0.15) is 0 Å². The third-order valence-electron chi connectivity index (χ3n) is 1.82. The monoisotopic (exact) mass is 245 g/mol. The lowest BCUT2D eigenvalue weighted by atomic mass is 10.2. The summed E-state index contributed by atoms with van der Waals surface area (Å²) in [6.07, 6.45) is 4.20. The predicted molar refractivity (Wildman–Crippen MR) is 70.9 cm³/mol. The van der Waals surface area contributed by atoms with E-state index in [0.29, 0.717) is 6.04 Å². The van der Waals surface area contributed by atoms with Crippen LogP contribution in [0, 0.1) is 0 Å². The van der Waals surface area contributed by atoms with Gasteiger partial charge >= 0.3 is 0 Å². The lowest BCUT2D eigenvalue weighted by molar-refractivity contribution is 0.633. The fourth-order valence-electron chi connectivity index (χ4n) is 1.07. The van der Waals surface area contributed by atoms with Crippen LogP contribution in [0.25, 0.3) is 6.08 Å². The Labute approximate surface area is 103 Å². The molecule has 0 aliphatic carbocycles. The Morgan fingerprint density at radius 3 is 2.40 bits per heavy atom. The van der Waals surface area contributed by atoms with Gasteiger partial charge < -0.3 is 5.32 Å². The van der Waals surface area contributed by atoms with Crippen molar-refractivity contribution in [1.29, 1.82) is 0 Å². The molecular weight excluding hydrogens is 229 g/mol. The molecule has 0 amide bonds. The summed E-state index contributed by atoms with van der Waals surface area (Å²) in [5, 5.41) is 4.09. The van der Waals surface area contributed by atoms with Crippen molar-refractivity contribution in [2.24, 2.45) is 0 Å². The summed E-state index contributed by atoms with van der Waals surface area (Å²) >= 11 is 5.78. The van der Waals surface area contributed by atoms with Gasteiger partial charge in [-0.1, -0.05) is 49.7 Å². The zero-order valence-corrected chi connectivity index (χ0v) is 10.6. The third kappa shape index (κ3) is 6.56. The number of hydrogen-bond donors (Lipinski definition) is 1. The molecule has 1 N–H and O–H groups in total. The summed E-state index contributed by atoms with van der Waals surface area (Å²) in [7, 11) is 0. The second kappa shape index (κ2) is 7.75. The first kappa shape index (κ1) is 14.5. The average molecular weight is 246 g/mol. The van der Waals surface area contributed by atoms with Crippen molar-refractivity contribution in [2.75, 3.05) is 6.54 Å². The van der Waals surface area contributed by atoms with Crippen molar-refractivity contribution in [2.45, 2.75) is 19.9 Å². The van der Waals surface area contributed by atoms with E-state index in [1.165, 1.54) is 5.56 Å². The molecule has 0 spiro atoms. The van der Waals surface area contributed by atoms with Crippen LogP contribution in [0.2, 0.25) is 5.02 Å². The Balaban J connectivity index is 0.00000196. The Hall–Kier alpha value is -0.500. The van der Waals surface area contributed by atoms with Crippen LogP contribution < -0.4 is 5.32 Å². The van der Waals surface area contributed by atoms with Crippen molar-refractivity contribution in [3.05, 3.63) is 40.9 Å². The molecular formula is C12H17Cl2N.